The molecule has 25 heavy (non-hydrogen) atoms. The normalized spacial score (nSPS) is 10.8. The van der Waals surface area contributed by atoms with Crippen LogP contribution in [0.25, 0.3) is 0 Å². The molecule has 0 bridgehead atoms. The molecule has 0 spiro atoms. The van der Waals surface area contributed by atoms with Crippen molar-refractivity contribution >= 4 is 35.0 Å². The maximum absolute atomic E-state index is 12.4. The number of thioether (sulfide) groups is 1. The van der Waals surface area contributed by atoms with Crippen LogP contribution in [0, 0.1) is 6.92 Å². The van der Waals surface area contributed by atoms with E-state index in [1.54, 1.807) is 12.1 Å². The van der Waals surface area contributed by atoms with Crippen LogP contribution in [-0.2, 0) is 12.2 Å². The van der Waals surface area contributed by atoms with E-state index < -0.39 is 0 Å². The Balaban J connectivity index is 1.76. The van der Waals surface area contributed by atoms with E-state index in [1.807, 2.05) is 43.3 Å². The first-order valence-electron chi connectivity index (χ1n) is 7.73. The van der Waals surface area contributed by atoms with Crippen molar-refractivity contribution in [1.82, 2.24) is 9.97 Å². The SMILES string of the molecule is Cc1nc(SCc2ccc(Cl)cc2Cl)[nH]c(=O)c1Cc1ccccc1. The molecule has 0 saturated carbocycles. The van der Waals surface area contributed by atoms with E-state index in [9.17, 15) is 4.79 Å². The molecule has 2 aromatic carbocycles. The van der Waals surface area contributed by atoms with E-state index in [4.69, 9.17) is 23.2 Å². The highest BCUT2D eigenvalue weighted by Gasteiger charge is 2.10. The van der Waals surface area contributed by atoms with Gasteiger partial charge in [0.15, 0.2) is 5.16 Å². The van der Waals surface area contributed by atoms with Gasteiger partial charge in [0.2, 0.25) is 0 Å². The number of benzene rings is 2. The van der Waals surface area contributed by atoms with Crippen molar-refractivity contribution in [3.8, 4) is 0 Å². The first-order chi connectivity index (χ1) is 12.0. The number of H-pyrrole nitrogens is 1. The molecule has 1 aromatic heterocycles. The second kappa shape index (κ2) is 8.09. The fraction of sp³-hybridized carbons (Fsp3) is 0.158. The lowest BCUT2D eigenvalue weighted by molar-refractivity contribution is 0.866. The fourth-order valence-electron chi connectivity index (χ4n) is 2.45. The van der Waals surface area contributed by atoms with Crippen LogP contribution in [0.5, 0.6) is 0 Å². The highest BCUT2D eigenvalue weighted by molar-refractivity contribution is 7.98. The zero-order valence-electron chi connectivity index (χ0n) is 13.6. The zero-order valence-corrected chi connectivity index (χ0v) is 15.9. The topological polar surface area (TPSA) is 45.8 Å². The minimum Gasteiger partial charge on any atom is -0.301 e. The quantitative estimate of drug-likeness (QED) is 0.476. The summed E-state index contributed by atoms with van der Waals surface area (Å²) in [6.45, 7) is 1.87. The molecule has 0 radical (unpaired) electrons. The second-order valence-corrected chi connectivity index (χ2v) is 7.43. The summed E-state index contributed by atoms with van der Waals surface area (Å²) in [5.74, 6) is 0.608. The van der Waals surface area contributed by atoms with Gasteiger partial charge in [0.05, 0.1) is 0 Å². The lowest BCUT2D eigenvalue weighted by Crippen LogP contribution is -2.17. The van der Waals surface area contributed by atoms with Gasteiger partial charge in [-0.2, -0.15) is 0 Å². The Kier molecular flexibility index (Phi) is 5.84. The molecule has 0 aliphatic carbocycles. The molecule has 6 heteroatoms. The lowest BCUT2D eigenvalue weighted by Gasteiger charge is -2.08. The number of hydrogen-bond acceptors (Lipinski definition) is 3. The Bertz CT molecular complexity index is 942. The lowest BCUT2D eigenvalue weighted by atomic mass is 10.1. The molecule has 0 atom stereocenters. The predicted molar refractivity (Wildman–Crippen MR) is 105 cm³/mol. The van der Waals surface area contributed by atoms with E-state index in [-0.39, 0.29) is 5.56 Å². The molecule has 0 fully saturated rings. The third-order valence-corrected chi connectivity index (χ3v) is 5.31. The van der Waals surface area contributed by atoms with Crippen LogP contribution in [0.15, 0.2) is 58.5 Å². The van der Waals surface area contributed by atoms with Crippen LogP contribution in [-0.4, -0.2) is 9.97 Å². The molecule has 0 unspecified atom stereocenters. The molecule has 3 nitrogen and oxygen atoms in total. The van der Waals surface area contributed by atoms with Gasteiger partial charge < -0.3 is 4.98 Å². The van der Waals surface area contributed by atoms with Crippen LogP contribution >= 0.6 is 35.0 Å². The van der Waals surface area contributed by atoms with Gasteiger partial charge in [-0.1, -0.05) is 71.4 Å². The molecular weight excluding hydrogens is 375 g/mol. The van der Waals surface area contributed by atoms with Crippen molar-refractivity contribution < 1.29 is 0 Å². The number of halogens is 2. The summed E-state index contributed by atoms with van der Waals surface area (Å²) in [7, 11) is 0. The maximum atomic E-state index is 12.4. The van der Waals surface area contributed by atoms with Gasteiger partial charge in [-0.3, -0.25) is 4.79 Å². The minimum atomic E-state index is -0.0962. The summed E-state index contributed by atoms with van der Waals surface area (Å²) < 4.78 is 0. The van der Waals surface area contributed by atoms with Gasteiger partial charge in [0.1, 0.15) is 0 Å². The first kappa shape index (κ1) is 18.1. The van der Waals surface area contributed by atoms with E-state index in [1.165, 1.54) is 11.8 Å². The number of nitrogens with one attached hydrogen (secondary N) is 1. The molecule has 0 amide bonds. The van der Waals surface area contributed by atoms with Gasteiger partial charge in [-0.15, -0.1) is 0 Å². The van der Waals surface area contributed by atoms with Crippen molar-refractivity contribution in [2.24, 2.45) is 0 Å². The van der Waals surface area contributed by atoms with Crippen molar-refractivity contribution in [2.45, 2.75) is 24.3 Å². The third-order valence-electron chi connectivity index (χ3n) is 3.80. The Hall–Kier alpha value is -1.75. The van der Waals surface area contributed by atoms with Crippen LogP contribution in [0.3, 0.4) is 0 Å². The van der Waals surface area contributed by atoms with E-state index >= 15 is 0 Å². The Morgan fingerprint density at radius 3 is 2.56 bits per heavy atom. The predicted octanol–water partition coefficient (Wildman–Crippen LogP) is 5.27. The van der Waals surface area contributed by atoms with Gasteiger partial charge in [0, 0.05) is 33.5 Å². The molecule has 3 rings (SSSR count). The van der Waals surface area contributed by atoms with Crippen LogP contribution in [0.2, 0.25) is 10.0 Å². The van der Waals surface area contributed by atoms with Crippen LogP contribution in [0.4, 0.5) is 0 Å². The van der Waals surface area contributed by atoms with Crippen LogP contribution in [0.1, 0.15) is 22.4 Å². The van der Waals surface area contributed by atoms with Crippen molar-refractivity contribution in [2.75, 3.05) is 0 Å². The fourth-order valence-corrected chi connectivity index (χ4v) is 3.91. The molecule has 1 heterocycles. The van der Waals surface area contributed by atoms with Gasteiger partial charge in [-0.25, -0.2) is 4.98 Å². The Morgan fingerprint density at radius 2 is 1.88 bits per heavy atom. The van der Waals surface area contributed by atoms with E-state index in [0.717, 1.165) is 16.8 Å². The zero-order chi connectivity index (χ0) is 17.8. The number of aromatic nitrogens is 2. The summed E-state index contributed by atoms with van der Waals surface area (Å²) in [6, 6.07) is 15.3. The summed E-state index contributed by atoms with van der Waals surface area (Å²) in [5.41, 5.74) is 3.38. The van der Waals surface area contributed by atoms with E-state index in [0.29, 0.717) is 32.9 Å². The van der Waals surface area contributed by atoms with Crippen molar-refractivity contribution in [3.05, 3.63) is 91.3 Å². The van der Waals surface area contributed by atoms with Crippen molar-refractivity contribution in [3.63, 3.8) is 0 Å². The van der Waals surface area contributed by atoms with Gasteiger partial charge in [0.25, 0.3) is 5.56 Å². The summed E-state index contributed by atoms with van der Waals surface area (Å²) in [5, 5.41) is 1.80. The molecule has 1 N–H and O–H groups in total. The second-order valence-electron chi connectivity index (χ2n) is 5.62. The molecule has 128 valence electrons. The molecular formula is C19H16Cl2N2OS. The highest BCUT2D eigenvalue weighted by atomic mass is 35.5. The standard InChI is InChI=1S/C19H16Cl2N2OS/c1-12-16(9-13-5-3-2-4-6-13)18(24)23-19(22-12)25-11-14-7-8-15(20)10-17(14)21/h2-8,10H,9,11H2,1H3,(H,22,23,24). The highest BCUT2D eigenvalue weighted by Crippen LogP contribution is 2.27. The summed E-state index contributed by atoms with van der Waals surface area (Å²) in [6.07, 6.45) is 0.572. The molecule has 0 saturated heterocycles. The minimum absolute atomic E-state index is 0.0962. The summed E-state index contributed by atoms with van der Waals surface area (Å²) in [4.78, 5) is 19.8. The average molecular weight is 391 g/mol. The van der Waals surface area contributed by atoms with Gasteiger partial charge in [-0.05, 0) is 30.2 Å². The third kappa shape index (κ3) is 4.66. The number of hydrogen-bond donors (Lipinski definition) is 1. The maximum Gasteiger partial charge on any atom is 0.255 e. The number of rotatable bonds is 5. The smallest absolute Gasteiger partial charge is 0.255 e. The van der Waals surface area contributed by atoms with Gasteiger partial charge >= 0.3 is 0 Å². The van der Waals surface area contributed by atoms with Crippen LogP contribution < -0.4 is 5.56 Å². The Labute approximate surface area is 160 Å². The molecule has 0 aliphatic heterocycles. The number of aryl methyl sites for hydroxylation is 1. The van der Waals surface area contributed by atoms with Crippen molar-refractivity contribution in [1.29, 1.82) is 0 Å². The number of aromatic amines is 1. The summed E-state index contributed by atoms with van der Waals surface area (Å²) >= 11 is 13.5. The molecule has 0 aliphatic rings. The largest absolute Gasteiger partial charge is 0.301 e. The monoisotopic (exact) mass is 390 g/mol. The van der Waals surface area contributed by atoms with E-state index in [2.05, 4.69) is 9.97 Å². The number of nitrogens with zero attached hydrogens (tertiary/aromatic N) is 1. The Morgan fingerprint density at radius 1 is 1.12 bits per heavy atom. The first-order valence-corrected chi connectivity index (χ1v) is 9.47. The molecule has 3 aromatic rings. The average Bonchev–Trinajstić information content (AvgIpc) is 2.58.